The number of esters is 1. The molecule has 2 aromatic carbocycles. The zero-order valence-electron chi connectivity index (χ0n) is 26.2. The first kappa shape index (κ1) is 30.3. The molecule has 2 aliphatic heterocycles. The van der Waals surface area contributed by atoms with Crippen LogP contribution < -0.4 is 20.9 Å². The Balaban J connectivity index is 0.000000151. The van der Waals surface area contributed by atoms with Gasteiger partial charge in [0.1, 0.15) is 0 Å². The zero-order valence-corrected chi connectivity index (χ0v) is 26.2. The van der Waals surface area contributed by atoms with Gasteiger partial charge in [0.25, 0.3) is 11.1 Å². The molecule has 0 aliphatic carbocycles. The Hall–Kier alpha value is -5.32. The molecule has 0 unspecified atom stereocenters. The topological polar surface area (TPSA) is 142 Å². The number of carbonyl (C=O) groups is 2. The Morgan fingerprint density at radius 1 is 0.745 bits per heavy atom. The van der Waals surface area contributed by atoms with E-state index in [9.17, 15) is 19.2 Å². The first-order chi connectivity index (χ1) is 23.0. The smallest absolute Gasteiger partial charge is 0.374 e. The molecule has 11 heteroatoms. The Morgan fingerprint density at radius 2 is 1.26 bits per heavy atom. The maximum absolute atomic E-state index is 12.5. The number of hydrogen-bond donors (Lipinski definition) is 2. The number of rotatable bonds is 5. The second kappa shape index (κ2) is 12.8. The molecule has 0 atom stereocenters. The molecule has 0 bridgehead atoms. The van der Waals surface area contributed by atoms with Gasteiger partial charge in [0.2, 0.25) is 16.9 Å². The third-order valence-corrected chi connectivity index (χ3v) is 9.02. The average molecular weight is 637 g/mol. The van der Waals surface area contributed by atoms with Gasteiger partial charge in [-0.3, -0.25) is 14.4 Å². The summed E-state index contributed by atoms with van der Waals surface area (Å²) in [7, 11) is 0. The number of carbonyl (C=O) groups excluding carboxylic acids is 2. The van der Waals surface area contributed by atoms with E-state index in [4.69, 9.17) is 13.6 Å². The Kier molecular flexibility index (Phi) is 8.28. The maximum atomic E-state index is 12.5. The number of ether oxygens (including phenoxy) is 1. The normalized spacial score (nSPS) is 15.3. The van der Waals surface area contributed by atoms with E-state index < -0.39 is 5.97 Å². The molecule has 6 aromatic rings. The molecule has 2 aliphatic rings. The summed E-state index contributed by atoms with van der Waals surface area (Å²) in [4.78, 5) is 58.1. The summed E-state index contributed by atoms with van der Waals surface area (Å²) >= 11 is 0. The fourth-order valence-electron chi connectivity index (χ4n) is 6.83. The quantitative estimate of drug-likeness (QED) is 0.160. The van der Waals surface area contributed by atoms with Crippen molar-refractivity contribution in [2.45, 2.75) is 45.4 Å². The summed E-state index contributed by atoms with van der Waals surface area (Å²) in [6.07, 6.45) is 7.77. The van der Waals surface area contributed by atoms with Crippen LogP contribution in [0.4, 0.5) is 11.4 Å². The van der Waals surface area contributed by atoms with Crippen LogP contribution >= 0.6 is 0 Å². The van der Waals surface area contributed by atoms with Crippen molar-refractivity contribution in [1.82, 2.24) is 9.97 Å². The molecule has 6 heterocycles. The number of aromatic amines is 2. The lowest BCUT2D eigenvalue weighted by Gasteiger charge is -2.29. The van der Waals surface area contributed by atoms with Gasteiger partial charge in [-0.25, -0.2) is 4.79 Å². The Morgan fingerprint density at radius 3 is 1.77 bits per heavy atom. The highest BCUT2D eigenvalue weighted by Gasteiger charge is 2.21. The van der Waals surface area contributed by atoms with Crippen LogP contribution in [0.3, 0.4) is 0 Å². The van der Waals surface area contributed by atoms with E-state index in [1.807, 2.05) is 36.4 Å². The van der Waals surface area contributed by atoms with Crippen LogP contribution in [0.15, 0.2) is 67.0 Å². The van der Waals surface area contributed by atoms with Crippen molar-refractivity contribution in [2.75, 3.05) is 42.6 Å². The molecule has 2 fully saturated rings. The second-order valence-corrected chi connectivity index (χ2v) is 12.0. The summed E-state index contributed by atoms with van der Waals surface area (Å²) in [5.74, 6) is -0.326. The van der Waals surface area contributed by atoms with Crippen LogP contribution in [0, 0.1) is 0 Å². The van der Waals surface area contributed by atoms with Crippen molar-refractivity contribution >= 4 is 67.4 Å². The average Bonchev–Trinajstić information content (AvgIpc) is 3.76. The van der Waals surface area contributed by atoms with E-state index >= 15 is 0 Å². The van der Waals surface area contributed by atoms with Gasteiger partial charge < -0.3 is 33.3 Å². The largest absolute Gasteiger partial charge is 0.460 e. The number of aldehydes is 1. The minimum atomic E-state index is -0.557. The van der Waals surface area contributed by atoms with Crippen LogP contribution in [-0.2, 0) is 4.74 Å². The third kappa shape index (κ3) is 5.66. The van der Waals surface area contributed by atoms with Crippen molar-refractivity contribution in [1.29, 1.82) is 0 Å². The number of anilines is 2. The lowest BCUT2D eigenvalue weighted by Crippen LogP contribution is -2.29. The lowest BCUT2D eigenvalue weighted by atomic mass is 10.1. The molecule has 242 valence electrons. The fourth-order valence-corrected chi connectivity index (χ4v) is 6.83. The number of piperidine rings is 2. The van der Waals surface area contributed by atoms with Crippen LogP contribution in [0.1, 0.15) is 66.6 Å². The molecule has 4 aromatic heterocycles. The first-order valence-corrected chi connectivity index (χ1v) is 16.3. The molecule has 2 N–H and O–H groups in total. The molecule has 0 radical (unpaired) electrons. The standard InChI is InChI=1S/C19H20N2O4.C17H16N2O3/c1-2-24-19(23)15-11-13-12-7-6-8-14(21-9-4-3-5-10-21)16(12)20-18(22)17(13)25-15;20-10-11-9-13-12-5-4-6-14(19-7-2-1-3-8-19)15(12)18-17(21)16(13)22-11/h6-8,11H,2-5,9-10H2,1H3,(H,20,22);4-6,9-10H,1-3,7-8H2,(H,18,21). The molecular formula is C36H36N4O7. The number of furan rings is 2. The SMILES string of the molecule is CCOC(=O)c1cc2c(o1)c(=O)[nH]c1c(N3CCCCC3)cccc12.O=Cc1cc2c(o1)c(=O)[nH]c1c(N3CCCCC3)cccc12. The van der Waals surface area contributed by atoms with Gasteiger partial charge in [-0.2, -0.15) is 0 Å². The molecule has 0 amide bonds. The number of pyridine rings is 2. The number of benzene rings is 2. The highest BCUT2D eigenvalue weighted by molar-refractivity contribution is 6.10. The molecular weight excluding hydrogens is 600 g/mol. The van der Waals surface area contributed by atoms with E-state index in [1.54, 1.807) is 19.1 Å². The van der Waals surface area contributed by atoms with Gasteiger partial charge in [0, 0.05) is 53.8 Å². The number of fused-ring (bicyclic) bond motifs is 6. The summed E-state index contributed by atoms with van der Waals surface area (Å²) in [5.41, 5.74) is 3.43. The van der Waals surface area contributed by atoms with Crippen LogP contribution in [0.25, 0.3) is 43.7 Å². The third-order valence-electron chi connectivity index (χ3n) is 9.02. The molecule has 0 saturated carbocycles. The number of H-pyrrole nitrogens is 2. The molecule has 0 spiro atoms. The number of hydrogen-bond acceptors (Lipinski definition) is 9. The van der Waals surface area contributed by atoms with Gasteiger partial charge in [-0.15, -0.1) is 0 Å². The van der Waals surface area contributed by atoms with Crippen LogP contribution in [-0.4, -0.2) is 55.0 Å². The Labute approximate surface area is 269 Å². The maximum Gasteiger partial charge on any atom is 0.374 e. The number of para-hydroxylation sites is 2. The van der Waals surface area contributed by atoms with Crippen molar-refractivity contribution in [2.24, 2.45) is 0 Å². The predicted octanol–water partition coefficient (Wildman–Crippen LogP) is 6.52. The van der Waals surface area contributed by atoms with E-state index in [2.05, 4.69) is 19.8 Å². The van der Waals surface area contributed by atoms with Crippen molar-refractivity contribution in [3.8, 4) is 0 Å². The highest BCUT2D eigenvalue weighted by Crippen LogP contribution is 2.33. The first-order valence-electron chi connectivity index (χ1n) is 16.3. The van der Waals surface area contributed by atoms with Gasteiger partial charge in [0.05, 0.1) is 29.0 Å². The van der Waals surface area contributed by atoms with Gasteiger partial charge >= 0.3 is 5.97 Å². The van der Waals surface area contributed by atoms with Crippen molar-refractivity contribution in [3.63, 3.8) is 0 Å². The van der Waals surface area contributed by atoms with Crippen molar-refractivity contribution < 1.29 is 23.2 Å². The predicted molar refractivity (Wildman–Crippen MR) is 182 cm³/mol. The fraction of sp³-hybridized carbons (Fsp3) is 0.333. The lowest BCUT2D eigenvalue weighted by molar-refractivity contribution is 0.0492. The Bertz CT molecular complexity index is 2230. The molecule has 8 rings (SSSR count). The highest BCUT2D eigenvalue weighted by atomic mass is 16.5. The minimum Gasteiger partial charge on any atom is -0.460 e. The summed E-state index contributed by atoms with van der Waals surface area (Å²) < 4.78 is 15.8. The van der Waals surface area contributed by atoms with Gasteiger partial charge in [-0.05, 0) is 63.6 Å². The molecule has 47 heavy (non-hydrogen) atoms. The minimum absolute atomic E-state index is 0.0539. The van der Waals surface area contributed by atoms with Crippen LogP contribution in [0.5, 0.6) is 0 Å². The number of nitrogens with zero attached hydrogens (tertiary/aromatic N) is 2. The van der Waals surface area contributed by atoms with Gasteiger partial charge in [-0.1, -0.05) is 24.3 Å². The van der Waals surface area contributed by atoms with Gasteiger partial charge in [0.15, 0.2) is 12.0 Å². The van der Waals surface area contributed by atoms with Crippen LogP contribution in [0.2, 0.25) is 0 Å². The summed E-state index contributed by atoms with van der Waals surface area (Å²) in [5, 5.41) is 3.12. The van der Waals surface area contributed by atoms with E-state index in [1.165, 1.54) is 25.7 Å². The van der Waals surface area contributed by atoms with E-state index in [-0.39, 0.29) is 40.4 Å². The monoisotopic (exact) mass is 636 g/mol. The molecule has 2 saturated heterocycles. The number of nitrogens with one attached hydrogen (secondary N) is 2. The molecule has 11 nitrogen and oxygen atoms in total. The second-order valence-electron chi connectivity index (χ2n) is 12.0. The van der Waals surface area contributed by atoms with Crippen molar-refractivity contribution in [3.05, 3.63) is 80.8 Å². The van der Waals surface area contributed by atoms with E-state index in [0.29, 0.717) is 17.1 Å². The number of aromatic nitrogens is 2. The summed E-state index contributed by atoms with van der Waals surface area (Å²) in [6.45, 7) is 5.96. The zero-order chi connectivity index (χ0) is 32.5. The van der Waals surface area contributed by atoms with E-state index in [0.717, 1.165) is 72.2 Å². The summed E-state index contributed by atoms with van der Waals surface area (Å²) in [6, 6.07) is 15.2.